The van der Waals surface area contributed by atoms with Gasteiger partial charge in [0.15, 0.2) is 0 Å². The number of nitrogens with one attached hydrogen (secondary N) is 1. The van der Waals surface area contributed by atoms with E-state index in [4.69, 9.17) is 5.11 Å². The van der Waals surface area contributed by atoms with Crippen molar-refractivity contribution in [3.05, 3.63) is 36.0 Å². The fraction of sp³-hybridized carbons (Fsp3) is 0.500. The Labute approximate surface area is 114 Å². The van der Waals surface area contributed by atoms with Crippen LogP contribution in [0.4, 0.5) is 0 Å². The summed E-state index contributed by atoms with van der Waals surface area (Å²) in [5, 5.41) is 13.7. The number of aliphatic hydroxyl groups excluding tert-OH is 1. The van der Waals surface area contributed by atoms with Gasteiger partial charge in [-0.15, -0.1) is 0 Å². The molecule has 0 amide bonds. The lowest BCUT2D eigenvalue weighted by molar-refractivity contribution is 0.281. The highest BCUT2D eigenvalue weighted by atomic mass is 16.2. The van der Waals surface area contributed by atoms with E-state index in [1.165, 1.54) is 29.3 Å². The summed E-state index contributed by atoms with van der Waals surface area (Å²) in [7, 11) is 0. The normalized spacial score (nSPS) is 15.2. The average Bonchev–Trinajstić information content (AvgIpc) is 3.18. The Hall–Kier alpha value is -1.32. The second-order valence-corrected chi connectivity index (χ2v) is 5.49. The summed E-state index contributed by atoms with van der Waals surface area (Å²) in [6.07, 6.45) is 6.73. The SMILES string of the molecule is OCCCCn1ccc2ccc(CNC3CC3)cc21. The van der Waals surface area contributed by atoms with Gasteiger partial charge in [0.05, 0.1) is 0 Å². The Morgan fingerprint density at radius 3 is 2.89 bits per heavy atom. The van der Waals surface area contributed by atoms with E-state index < -0.39 is 0 Å². The van der Waals surface area contributed by atoms with Crippen molar-refractivity contribution in [2.75, 3.05) is 6.61 Å². The van der Waals surface area contributed by atoms with Crippen LogP contribution in [0.5, 0.6) is 0 Å². The zero-order chi connectivity index (χ0) is 13.1. The van der Waals surface area contributed by atoms with Crippen LogP contribution in [0.2, 0.25) is 0 Å². The average molecular weight is 258 g/mol. The summed E-state index contributed by atoms with van der Waals surface area (Å²) in [6.45, 7) is 2.25. The van der Waals surface area contributed by atoms with E-state index in [9.17, 15) is 0 Å². The largest absolute Gasteiger partial charge is 0.396 e. The zero-order valence-corrected chi connectivity index (χ0v) is 11.3. The quantitative estimate of drug-likeness (QED) is 0.749. The number of nitrogens with zero attached hydrogens (tertiary/aromatic N) is 1. The Morgan fingerprint density at radius 2 is 2.11 bits per heavy atom. The van der Waals surface area contributed by atoms with Crippen LogP contribution in [0.15, 0.2) is 30.5 Å². The zero-order valence-electron chi connectivity index (χ0n) is 11.3. The van der Waals surface area contributed by atoms with Crippen LogP contribution in [0.25, 0.3) is 10.9 Å². The Kier molecular flexibility index (Phi) is 3.85. The minimum absolute atomic E-state index is 0.287. The number of hydrogen-bond donors (Lipinski definition) is 2. The lowest BCUT2D eigenvalue weighted by atomic mass is 10.1. The third-order valence-electron chi connectivity index (χ3n) is 3.82. The van der Waals surface area contributed by atoms with Crippen LogP contribution in [-0.4, -0.2) is 22.3 Å². The molecule has 0 aliphatic heterocycles. The first-order chi connectivity index (χ1) is 9.36. The molecule has 3 rings (SSSR count). The van der Waals surface area contributed by atoms with Gasteiger partial charge in [0.1, 0.15) is 0 Å². The second-order valence-electron chi connectivity index (χ2n) is 5.49. The topological polar surface area (TPSA) is 37.2 Å². The van der Waals surface area contributed by atoms with Crippen molar-refractivity contribution in [3.8, 4) is 0 Å². The van der Waals surface area contributed by atoms with E-state index in [0.29, 0.717) is 0 Å². The highest BCUT2D eigenvalue weighted by molar-refractivity contribution is 5.80. The molecule has 1 aliphatic rings. The molecule has 1 heterocycles. The van der Waals surface area contributed by atoms with Crippen molar-refractivity contribution in [1.82, 2.24) is 9.88 Å². The molecule has 0 spiro atoms. The third-order valence-corrected chi connectivity index (χ3v) is 3.82. The van der Waals surface area contributed by atoms with E-state index in [0.717, 1.165) is 32.0 Å². The standard InChI is InChI=1S/C16H22N2O/c19-10-2-1-8-18-9-7-14-4-3-13(11-16(14)18)12-17-15-5-6-15/h3-4,7,9,11,15,17,19H,1-2,5-6,8,10,12H2. The van der Waals surface area contributed by atoms with Gasteiger partial charge in [0.25, 0.3) is 0 Å². The maximum Gasteiger partial charge on any atom is 0.0483 e. The lowest BCUT2D eigenvalue weighted by Gasteiger charge is -2.07. The molecule has 3 nitrogen and oxygen atoms in total. The summed E-state index contributed by atoms with van der Waals surface area (Å²) in [6, 6.07) is 9.65. The van der Waals surface area contributed by atoms with Gasteiger partial charge < -0.3 is 15.0 Å². The van der Waals surface area contributed by atoms with Crippen LogP contribution in [0.1, 0.15) is 31.2 Å². The molecular formula is C16H22N2O. The van der Waals surface area contributed by atoms with Gasteiger partial charge in [0.2, 0.25) is 0 Å². The van der Waals surface area contributed by atoms with Gasteiger partial charge in [0, 0.05) is 37.5 Å². The molecule has 1 saturated carbocycles. The maximum absolute atomic E-state index is 8.86. The van der Waals surface area contributed by atoms with E-state index in [1.54, 1.807) is 0 Å². The monoisotopic (exact) mass is 258 g/mol. The van der Waals surface area contributed by atoms with E-state index in [1.807, 2.05) is 0 Å². The maximum atomic E-state index is 8.86. The molecule has 1 aliphatic carbocycles. The van der Waals surface area contributed by atoms with Gasteiger partial charge in [-0.2, -0.15) is 0 Å². The van der Waals surface area contributed by atoms with Crippen LogP contribution in [0.3, 0.4) is 0 Å². The molecule has 1 fully saturated rings. The molecule has 1 aromatic carbocycles. The molecule has 19 heavy (non-hydrogen) atoms. The molecule has 3 heteroatoms. The molecular weight excluding hydrogens is 236 g/mol. The number of unbranched alkanes of at least 4 members (excludes halogenated alkanes) is 1. The number of rotatable bonds is 7. The highest BCUT2D eigenvalue weighted by Gasteiger charge is 2.19. The van der Waals surface area contributed by atoms with E-state index >= 15 is 0 Å². The van der Waals surface area contributed by atoms with Crippen molar-refractivity contribution < 1.29 is 5.11 Å². The molecule has 102 valence electrons. The second kappa shape index (κ2) is 5.76. The number of fused-ring (bicyclic) bond motifs is 1. The first-order valence-electron chi connectivity index (χ1n) is 7.29. The number of aromatic nitrogens is 1. The van der Waals surface area contributed by atoms with Crippen molar-refractivity contribution >= 4 is 10.9 Å². The summed E-state index contributed by atoms with van der Waals surface area (Å²) < 4.78 is 2.30. The highest BCUT2D eigenvalue weighted by Crippen LogP contribution is 2.21. The smallest absolute Gasteiger partial charge is 0.0483 e. The Morgan fingerprint density at radius 1 is 1.21 bits per heavy atom. The van der Waals surface area contributed by atoms with Crippen molar-refractivity contribution in [1.29, 1.82) is 0 Å². The summed E-state index contributed by atoms with van der Waals surface area (Å²) in [5.74, 6) is 0. The molecule has 0 unspecified atom stereocenters. The fourth-order valence-corrected chi connectivity index (χ4v) is 2.48. The lowest BCUT2D eigenvalue weighted by Crippen LogP contribution is -2.15. The van der Waals surface area contributed by atoms with Gasteiger partial charge in [-0.05, 0) is 48.8 Å². The number of aryl methyl sites for hydroxylation is 1. The van der Waals surface area contributed by atoms with Crippen LogP contribution >= 0.6 is 0 Å². The van der Waals surface area contributed by atoms with Gasteiger partial charge in [-0.3, -0.25) is 0 Å². The molecule has 0 saturated heterocycles. The van der Waals surface area contributed by atoms with Gasteiger partial charge in [-0.25, -0.2) is 0 Å². The minimum Gasteiger partial charge on any atom is -0.396 e. The fourth-order valence-electron chi connectivity index (χ4n) is 2.48. The Balaban J connectivity index is 1.72. The summed E-state index contributed by atoms with van der Waals surface area (Å²) in [4.78, 5) is 0. The van der Waals surface area contributed by atoms with Crippen molar-refractivity contribution in [2.45, 2.75) is 44.8 Å². The first-order valence-corrected chi connectivity index (χ1v) is 7.29. The molecule has 1 aromatic heterocycles. The van der Waals surface area contributed by atoms with E-state index in [2.05, 4.69) is 40.3 Å². The van der Waals surface area contributed by atoms with Crippen LogP contribution < -0.4 is 5.32 Å². The van der Waals surface area contributed by atoms with Crippen LogP contribution in [0, 0.1) is 0 Å². The predicted molar refractivity (Wildman–Crippen MR) is 78.1 cm³/mol. The first kappa shape index (κ1) is 12.7. The predicted octanol–water partition coefficient (Wildman–Crippen LogP) is 2.67. The number of benzene rings is 1. The molecule has 2 aromatic rings. The summed E-state index contributed by atoms with van der Waals surface area (Å²) >= 11 is 0. The van der Waals surface area contributed by atoms with Gasteiger partial charge >= 0.3 is 0 Å². The molecule has 0 radical (unpaired) electrons. The number of aliphatic hydroxyl groups is 1. The van der Waals surface area contributed by atoms with Crippen LogP contribution in [-0.2, 0) is 13.1 Å². The Bertz CT molecular complexity index is 543. The third kappa shape index (κ3) is 3.17. The molecule has 0 atom stereocenters. The minimum atomic E-state index is 0.287. The molecule has 0 bridgehead atoms. The van der Waals surface area contributed by atoms with E-state index in [-0.39, 0.29) is 6.61 Å². The molecule has 2 N–H and O–H groups in total. The number of hydrogen-bond acceptors (Lipinski definition) is 2. The van der Waals surface area contributed by atoms with Crippen molar-refractivity contribution in [2.24, 2.45) is 0 Å². The van der Waals surface area contributed by atoms with Crippen molar-refractivity contribution in [3.63, 3.8) is 0 Å². The summed E-state index contributed by atoms with van der Waals surface area (Å²) in [5.41, 5.74) is 2.68. The van der Waals surface area contributed by atoms with Gasteiger partial charge in [-0.1, -0.05) is 12.1 Å².